The van der Waals surface area contributed by atoms with Gasteiger partial charge in [-0.1, -0.05) is 15.9 Å². The number of rotatable bonds is 0. The zero-order chi connectivity index (χ0) is 11.2. The van der Waals surface area contributed by atoms with E-state index in [1.54, 1.807) is 0 Å². The van der Waals surface area contributed by atoms with E-state index in [0.717, 1.165) is 41.7 Å². The lowest BCUT2D eigenvalue weighted by Crippen LogP contribution is -2.44. The Morgan fingerprint density at radius 1 is 1.25 bits per heavy atom. The molecule has 1 spiro atoms. The average molecular weight is 281 g/mol. The van der Waals surface area contributed by atoms with Gasteiger partial charge in [0.25, 0.3) is 0 Å². The van der Waals surface area contributed by atoms with Gasteiger partial charge in [-0.15, -0.1) is 0 Å². The molecule has 0 bridgehead atoms. The maximum absolute atomic E-state index is 12.2. The second-order valence-corrected chi connectivity index (χ2v) is 5.39. The molecule has 2 aliphatic heterocycles. The Morgan fingerprint density at radius 2 is 2.00 bits per heavy atom. The molecule has 1 aromatic rings. The van der Waals surface area contributed by atoms with Crippen LogP contribution in [0.4, 0.5) is 5.69 Å². The van der Waals surface area contributed by atoms with Crippen molar-refractivity contribution >= 4 is 27.5 Å². The summed E-state index contributed by atoms with van der Waals surface area (Å²) in [5.41, 5.74) is 1.85. The molecule has 0 unspecified atom stereocenters. The van der Waals surface area contributed by atoms with Crippen LogP contribution in [-0.4, -0.2) is 19.0 Å². The van der Waals surface area contributed by atoms with Gasteiger partial charge in [0.15, 0.2) is 0 Å². The zero-order valence-corrected chi connectivity index (χ0v) is 10.4. The molecule has 2 aliphatic rings. The molecule has 0 aromatic heterocycles. The monoisotopic (exact) mass is 280 g/mol. The van der Waals surface area contributed by atoms with Crippen molar-refractivity contribution < 1.29 is 4.79 Å². The lowest BCUT2D eigenvalue weighted by atomic mass is 9.74. The quantitative estimate of drug-likeness (QED) is 0.764. The molecule has 2 heterocycles. The molecular weight excluding hydrogens is 268 g/mol. The van der Waals surface area contributed by atoms with Crippen molar-refractivity contribution in [1.82, 2.24) is 5.32 Å². The van der Waals surface area contributed by atoms with Crippen LogP contribution < -0.4 is 10.6 Å². The van der Waals surface area contributed by atoms with Crippen LogP contribution in [0.1, 0.15) is 18.4 Å². The van der Waals surface area contributed by atoms with Crippen LogP contribution in [0.15, 0.2) is 22.7 Å². The van der Waals surface area contributed by atoms with Gasteiger partial charge in [-0.25, -0.2) is 0 Å². The van der Waals surface area contributed by atoms with Crippen molar-refractivity contribution in [2.45, 2.75) is 18.3 Å². The van der Waals surface area contributed by atoms with Gasteiger partial charge in [-0.3, -0.25) is 4.79 Å². The van der Waals surface area contributed by atoms with E-state index in [4.69, 9.17) is 0 Å². The lowest BCUT2D eigenvalue weighted by Gasteiger charge is -2.32. The zero-order valence-electron chi connectivity index (χ0n) is 8.85. The van der Waals surface area contributed by atoms with Crippen molar-refractivity contribution in [3.05, 3.63) is 28.2 Å². The minimum atomic E-state index is -0.287. The second kappa shape index (κ2) is 3.57. The standard InChI is InChI=1S/C12H13BrN2O/c13-8-1-2-10-9(7-8)12(11(16)15-10)3-5-14-6-4-12/h1-2,7,14H,3-6H2,(H,15,16). The van der Waals surface area contributed by atoms with E-state index in [9.17, 15) is 4.79 Å². The highest BCUT2D eigenvalue weighted by Gasteiger charge is 2.47. The number of fused-ring (bicyclic) bond motifs is 2. The van der Waals surface area contributed by atoms with E-state index in [2.05, 4.69) is 32.6 Å². The van der Waals surface area contributed by atoms with Crippen molar-refractivity contribution in [2.75, 3.05) is 18.4 Å². The highest BCUT2D eigenvalue weighted by molar-refractivity contribution is 9.10. The van der Waals surface area contributed by atoms with E-state index in [0.29, 0.717) is 0 Å². The summed E-state index contributed by atoms with van der Waals surface area (Å²) in [5.74, 6) is 0.169. The van der Waals surface area contributed by atoms with E-state index in [-0.39, 0.29) is 11.3 Å². The van der Waals surface area contributed by atoms with Crippen LogP contribution in [0, 0.1) is 0 Å². The molecule has 1 aromatic carbocycles. The van der Waals surface area contributed by atoms with Gasteiger partial charge in [-0.05, 0) is 49.7 Å². The number of hydrogen-bond acceptors (Lipinski definition) is 2. The predicted octanol–water partition coefficient (Wildman–Crippen LogP) is 2.02. The number of carbonyl (C=O) groups excluding carboxylic acids is 1. The molecule has 2 N–H and O–H groups in total. The fourth-order valence-corrected chi connectivity index (χ4v) is 3.10. The molecule has 1 amide bonds. The van der Waals surface area contributed by atoms with Gasteiger partial charge < -0.3 is 10.6 Å². The first-order chi connectivity index (χ1) is 7.72. The van der Waals surface area contributed by atoms with Gasteiger partial charge in [-0.2, -0.15) is 0 Å². The first kappa shape index (κ1) is 10.3. The fourth-order valence-electron chi connectivity index (χ4n) is 2.74. The van der Waals surface area contributed by atoms with Crippen LogP contribution in [0.25, 0.3) is 0 Å². The van der Waals surface area contributed by atoms with Gasteiger partial charge in [0.05, 0.1) is 5.41 Å². The van der Waals surface area contributed by atoms with Gasteiger partial charge >= 0.3 is 0 Å². The van der Waals surface area contributed by atoms with E-state index in [1.165, 1.54) is 0 Å². The third-order valence-corrected chi connectivity index (χ3v) is 4.13. The minimum Gasteiger partial charge on any atom is -0.325 e. The molecule has 84 valence electrons. The average Bonchev–Trinajstić information content (AvgIpc) is 2.55. The molecule has 0 radical (unpaired) electrons. The number of halogens is 1. The highest BCUT2D eigenvalue weighted by atomic mass is 79.9. The van der Waals surface area contributed by atoms with E-state index < -0.39 is 0 Å². The highest BCUT2D eigenvalue weighted by Crippen LogP contribution is 2.44. The normalized spacial score (nSPS) is 21.9. The summed E-state index contributed by atoms with van der Waals surface area (Å²) < 4.78 is 1.04. The molecule has 1 fully saturated rings. The molecule has 4 heteroatoms. The molecular formula is C12H13BrN2O. The van der Waals surface area contributed by atoms with Crippen molar-refractivity contribution in [1.29, 1.82) is 0 Å². The Bertz CT molecular complexity index is 452. The molecule has 0 saturated carbocycles. The summed E-state index contributed by atoms with van der Waals surface area (Å²) in [6.07, 6.45) is 1.78. The Hall–Kier alpha value is -0.870. The SMILES string of the molecule is O=C1Nc2ccc(Br)cc2C12CCNCC2. The third-order valence-electron chi connectivity index (χ3n) is 3.64. The molecule has 3 rings (SSSR count). The first-order valence-electron chi connectivity index (χ1n) is 5.55. The minimum absolute atomic E-state index is 0.169. The van der Waals surface area contributed by atoms with E-state index >= 15 is 0 Å². The Kier molecular flexibility index (Phi) is 2.30. The maximum Gasteiger partial charge on any atom is 0.235 e. The number of piperidine rings is 1. The van der Waals surface area contributed by atoms with Gasteiger partial charge in [0, 0.05) is 10.2 Å². The molecule has 3 nitrogen and oxygen atoms in total. The van der Waals surface area contributed by atoms with Crippen molar-refractivity contribution in [2.24, 2.45) is 0 Å². The summed E-state index contributed by atoms with van der Waals surface area (Å²) >= 11 is 3.48. The lowest BCUT2D eigenvalue weighted by molar-refractivity contribution is -0.121. The largest absolute Gasteiger partial charge is 0.325 e. The fraction of sp³-hybridized carbons (Fsp3) is 0.417. The maximum atomic E-state index is 12.2. The first-order valence-corrected chi connectivity index (χ1v) is 6.34. The van der Waals surface area contributed by atoms with Crippen LogP contribution >= 0.6 is 15.9 Å². The number of benzene rings is 1. The summed E-state index contributed by atoms with van der Waals surface area (Å²) in [6, 6.07) is 6.03. The summed E-state index contributed by atoms with van der Waals surface area (Å²) in [5, 5.41) is 6.31. The molecule has 0 atom stereocenters. The number of nitrogens with one attached hydrogen (secondary N) is 2. The number of carbonyl (C=O) groups is 1. The smallest absolute Gasteiger partial charge is 0.235 e. The Labute approximate surface area is 103 Å². The molecule has 16 heavy (non-hydrogen) atoms. The van der Waals surface area contributed by atoms with Gasteiger partial charge in [0.2, 0.25) is 5.91 Å². The number of amides is 1. The van der Waals surface area contributed by atoms with E-state index in [1.807, 2.05) is 12.1 Å². The van der Waals surface area contributed by atoms with Crippen LogP contribution in [0.2, 0.25) is 0 Å². The summed E-state index contributed by atoms with van der Waals surface area (Å²) in [6.45, 7) is 1.83. The predicted molar refractivity (Wildman–Crippen MR) is 66.6 cm³/mol. The summed E-state index contributed by atoms with van der Waals surface area (Å²) in [7, 11) is 0. The Balaban J connectivity index is 2.13. The number of anilines is 1. The van der Waals surface area contributed by atoms with Crippen LogP contribution in [-0.2, 0) is 10.2 Å². The Morgan fingerprint density at radius 3 is 2.75 bits per heavy atom. The number of hydrogen-bond donors (Lipinski definition) is 2. The molecule has 0 aliphatic carbocycles. The van der Waals surface area contributed by atoms with Gasteiger partial charge in [0.1, 0.15) is 0 Å². The topological polar surface area (TPSA) is 41.1 Å². The van der Waals surface area contributed by atoms with Crippen LogP contribution in [0.3, 0.4) is 0 Å². The van der Waals surface area contributed by atoms with Crippen LogP contribution in [0.5, 0.6) is 0 Å². The van der Waals surface area contributed by atoms with Crippen molar-refractivity contribution in [3.63, 3.8) is 0 Å². The third kappa shape index (κ3) is 1.33. The summed E-state index contributed by atoms with van der Waals surface area (Å²) in [4.78, 5) is 12.2. The molecule has 1 saturated heterocycles. The second-order valence-electron chi connectivity index (χ2n) is 4.48. The van der Waals surface area contributed by atoms with Crippen molar-refractivity contribution in [3.8, 4) is 0 Å².